The van der Waals surface area contributed by atoms with Gasteiger partial charge in [0.1, 0.15) is 12.0 Å². The standard InChI is InChI=1S/C10H8ClN3/c1-7-2-4-8(5-3-7)9-10(11)12-6-13-14-9/h2-6H,1H3. The van der Waals surface area contributed by atoms with Crippen molar-refractivity contribution >= 4 is 11.6 Å². The highest BCUT2D eigenvalue weighted by molar-refractivity contribution is 6.31. The zero-order valence-corrected chi connectivity index (χ0v) is 8.36. The second-order valence-corrected chi connectivity index (χ2v) is 3.32. The van der Waals surface area contributed by atoms with E-state index < -0.39 is 0 Å². The van der Waals surface area contributed by atoms with Crippen molar-refractivity contribution in [1.29, 1.82) is 0 Å². The summed E-state index contributed by atoms with van der Waals surface area (Å²) >= 11 is 5.88. The normalized spacial score (nSPS) is 10.1. The number of aromatic nitrogens is 3. The summed E-state index contributed by atoms with van der Waals surface area (Å²) in [6, 6.07) is 7.90. The Morgan fingerprint density at radius 3 is 2.50 bits per heavy atom. The second-order valence-electron chi connectivity index (χ2n) is 2.97. The molecule has 0 aliphatic rings. The van der Waals surface area contributed by atoms with Gasteiger partial charge >= 0.3 is 0 Å². The van der Waals surface area contributed by atoms with Crippen LogP contribution in [-0.2, 0) is 0 Å². The molecule has 0 spiro atoms. The third kappa shape index (κ3) is 1.72. The lowest BCUT2D eigenvalue weighted by atomic mass is 10.1. The van der Waals surface area contributed by atoms with Gasteiger partial charge in [0.2, 0.25) is 0 Å². The van der Waals surface area contributed by atoms with E-state index in [2.05, 4.69) is 15.2 Å². The topological polar surface area (TPSA) is 38.7 Å². The van der Waals surface area contributed by atoms with Gasteiger partial charge in [-0.3, -0.25) is 0 Å². The van der Waals surface area contributed by atoms with Crippen molar-refractivity contribution in [3.8, 4) is 11.3 Å². The number of halogens is 1. The molecule has 1 heterocycles. The van der Waals surface area contributed by atoms with Gasteiger partial charge in [-0.05, 0) is 6.92 Å². The van der Waals surface area contributed by atoms with Gasteiger partial charge < -0.3 is 0 Å². The van der Waals surface area contributed by atoms with Crippen LogP contribution in [0.1, 0.15) is 5.56 Å². The smallest absolute Gasteiger partial charge is 0.159 e. The highest BCUT2D eigenvalue weighted by atomic mass is 35.5. The fourth-order valence-corrected chi connectivity index (χ4v) is 1.34. The first-order valence-corrected chi connectivity index (χ1v) is 4.55. The van der Waals surface area contributed by atoms with Gasteiger partial charge in [0.15, 0.2) is 5.15 Å². The van der Waals surface area contributed by atoms with Gasteiger partial charge in [0, 0.05) is 5.56 Å². The van der Waals surface area contributed by atoms with Gasteiger partial charge in [-0.2, -0.15) is 0 Å². The molecule has 14 heavy (non-hydrogen) atoms. The van der Waals surface area contributed by atoms with Gasteiger partial charge in [-0.15, -0.1) is 10.2 Å². The van der Waals surface area contributed by atoms with Gasteiger partial charge in [-0.1, -0.05) is 41.4 Å². The predicted octanol–water partition coefficient (Wildman–Crippen LogP) is 2.50. The number of rotatable bonds is 1. The van der Waals surface area contributed by atoms with Crippen molar-refractivity contribution in [1.82, 2.24) is 15.2 Å². The van der Waals surface area contributed by atoms with Gasteiger partial charge in [-0.25, -0.2) is 4.98 Å². The Morgan fingerprint density at radius 1 is 1.14 bits per heavy atom. The first-order valence-electron chi connectivity index (χ1n) is 4.17. The van der Waals surface area contributed by atoms with Crippen LogP contribution in [0.25, 0.3) is 11.3 Å². The predicted molar refractivity (Wildman–Crippen MR) is 55.0 cm³/mol. The number of hydrogen-bond acceptors (Lipinski definition) is 3. The van der Waals surface area contributed by atoms with E-state index in [1.807, 2.05) is 31.2 Å². The Morgan fingerprint density at radius 2 is 1.86 bits per heavy atom. The van der Waals surface area contributed by atoms with E-state index in [1.54, 1.807) is 0 Å². The summed E-state index contributed by atoms with van der Waals surface area (Å²) in [5.74, 6) is 0. The van der Waals surface area contributed by atoms with E-state index in [4.69, 9.17) is 11.6 Å². The van der Waals surface area contributed by atoms with Crippen LogP contribution >= 0.6 is 11.6 Å². The first kappa shape index (κ1) is 9.09. The first-order chi connectivity index (χ1) is 6.77. The third-order valence-corrected chi connectivity index (χ3v) is 2.18. The fourth-order valence-electron chi connectivity index (χ4n) is 1.15. The van der Waals surface area contributed by atoms with Crippen LogP contribution in [0, 0.1) is 6.92 Å². The molecule has 0 aliphatic heterocycles. The highest BCUT2D eigenvalue weighted by Crippen LogP contribution is 2.22. The number of hydrogen-bond donors (Lipinski definition) is 0. The number of aryl methyl sites for hydroxylation is 1. The van der Waals surface area contributed by atoms with Crippen LogP contribution in [0.4, 0.5) is 0 Å². The van der Waals surface area contributed by atoms with Crippen LogP contribution in [-0.4, -0.2) is 15.2 Å². The molecule has 1 aromatic heterocycles. The Bertz CT molecular complexity index is 439. The van der Waals surface area contributed by atoms with E-state index in [9.17, 15) is 0 Å². The van der Waals surface area contributed by atoms with Gasteiger partial charge in [0.25, 0.3) is 0 Å². The van der Waals surface area contributed by atoms with Crippen LogP contribution in [0.3, 0.4) is 0 Å². The molecule has 3 nitrogen and oxygen atoms in total. The summed E-state index contributed by atoms with van der Waals surface area (Å²) in [5, 5.41) is 8.01. The van der Waals surface area contributed by atoms with Crippen molar-refractivity contribution in [3.63, 3.8) is 0 Å². The van der Waals surface area contributed by atoms with Crippen LogP contribution < -0.4 is 0 Å². The summed E-state index contributed by atoms with van der Waals surface area (Å²) in [4.78, 5) is 3.87. The maximum atomic E-state index is 5.88. The van der Waals surface area contributed by atoms with Gasteiger partial charge in [0.05, 0.1) is 0 Å². The van der Waals surface area contributed by atoms with Crippen LogP contribution in [0.15, 0.2) is 30.6 Å². The quantitative estimate of drug-likeness (QED) is 0.718. The molecule has 4 heteroatoms. The molecular formula is C10H8ClN3. The molecule has 0 bridgehead atoms. The largest absolute Gasteiger partial charge is 0.220 e. The molecule has 70 valence electrons. The van der Waals surface area contributed by atoms with E-state index in [-0.39, 0.29) is 0 Å². The Labute approximate surface area is 86.8 Å². The maximum absolute atomic E-state index is 5.88. The summed E-state index contributed by atoms with van der Waals surface area (Å²) in [6.45, 7) is 2.03. The molecule has 0 saturated carbocycles. The highest BCUT2D eigenvalue weighted by Gasteiger charge is 2.05. The number of nitrogens with zero attached hydrogens (tertiary/aromatic N) is 3. The average molecular weight is 206 g/mol. The monoisotopic (exact) mass is 205 g/mol. The average Bonchev–Trinajstić information content (AvgIpc) is 2.20. The Kier molecular flexibility index (Phi) is 2.41. The van der Waals surface area contributed by atoms with E-state index in [0.717, 1.165) is 5.56 Å². The lowest BCUT2D eigenvalue weighted by Gasteiger charge is -2.00. The van der Waals surface area contributed by atoms with E-state index in [1.165, 1.54) is 11.9 Å². The van der Waals surface area contributed by atoms with Crippen molar-refractivity contribution in [2.45, 2.75) is 6.92 Å². The molecule has 0 fully saturated rings. The fraction of sp³-hybridized carbons (Fsp3) is 0.100. The van der Waals surface area contributed by atoms with Crippen molar-refractivity contribution < 1.29 is 0 Å². The summed E-state index contributed by atoms with van der Waals surface area (Å²) in [6.07, 6.45) is 1.33. The molecule has 2 aromatic rings. The van der Waals surface area contributed by atoms with E-state index >= 15 is 0 Å². The third-order valence-electron chi connectivity index (χ3n) is 1.90. The minimum absolute atomic E-state index is 0.379. The van der Waals surface area contributed by atoms with Crippen molar-refractivity contribution in [3.05, 3.63) is 41.3 Å². The SMILES string of the molecule is Cc1ccc(-c2nncnc2Cl)cc1. The molecular weight excluding hydrogens is 198 g/mol. The molecule has 0 radical (unpaired) electrons. The summed E-state index contributed by atoms with van der Waals surface area (Å²) in [7, 11) is 0. The molecule has 0 aliphatic carbocycles. The van der Waals surface area contributed by atoms with Crippen molar-refractivity contribution in [2.75, 3.05) is 0 Å². The van der Waals surface area contributed by atoms with Crippen molar-refractivity contribution in [2.24, 2.45) is 0 Å². The van der Waals surface area contributed by atoms with E-state index in [0.29, 0.717) is 10.8 Å². The Balaban J connectivity index is 2.50. The summed E-state index contributed by atoms with van der Waals surface area (Å²) in [5.41, 5.74) is 2.75. The minimum Gasteiger partial charge on any atom is -0.220 e. The molecule has 0 unspecified atom stereocenters. The zero-order valence-electron chi connectivity index (χ0n) is 7.61. The lowest BCUT2D eigenvalue weighted by molar-refractivity contribution is 0.977. The number of benzene rings is 1. The van der Waals surface area contributed by atoms with Crippen LogP contribution in [0.5, 0.6) is 0 Å². The zero-order chi connectivity index (χ0) is 9.97. The maximum Gasteiger partial charge on any atom is 0.159 e. The summed E-state index contributed by atoms with van der Waals surface area (Å²) < 4.78 is 0. The van der Waals surface area contributed by atoms with Crippen LogP contribution in [0.2, 0.25) is 5.15 Å². The molecule has 2 rings (SSSR count). The minimum atomic E-state index is 0.379. The molecule has 0 amide bonds. The molecule has 0 atom stereocenters. The molecule has 0 N–H and O–H groups in total. The molecule has 1 aromatic carbocycles. The molecule has 0 saturated heterocycles. The lowest BCUT2D eigenvalue weighted by Crippen LogP contribution is -1.90. The second kappa shape index (κ2) is 3.72. The Hall–Kier alpha value is -1.48.